The normalized spacial score (nSPS) is 11.1. The number of rotatable bonds is 33. The molecule has 11 nitrogen and oxygen atoms in total. The average molecular weight is 1650 g/mol. The molecule has 0 aliphatic heterocycles. The van der Waals surface area contributed by atoms with Gasteiger partial charge in [-0.3, -0.25) is 0 Å². The van der Waals surface area contributed by atoms with E-state index in [1.165, 1.54) is 62.1 Å². The Morgan fingerprint density at radius 2 is 0.483 bits per heavy atom. The maximum atomic E-state index is 5.83. The lowest BCUT2D eigenvalue weighted by atomic mass is 9.91. The Labute approximate surface area is 729 Å². The third-order valence-electron chi connectivity index (χ3n) is 19.9. The molecule has 662 valence electrons. The van der Waals surface area contributed by atoms with Crippen molar-refractivity contribution in [3.05, 3.63) is 284 Å². The van der Waals surface area contributed by atoms with Crippen molar-refractivity contribution in [1.82, 2.24) is 0 Å². The van der Waals surface area contributed by atoms with Crippen LogP contribution >= 0.6 is 0 Å². The minimum Gasteiger partial charge on any atom is -0.493 e. The molecule has 0 spiro atoms. The first-order valence-corrected chi connectivity index (χ1v) is 44.7. The van der Waals surface area contributed by atoms with Crippen LogP contribution in [-0.4, -0.2) is 53.9 Å². The van der Waals surface area contributed by atoms with Gasteiger partial charge >= 0.3 is 0 Å². The maximum absolute atomic E-state index is 5.83. The summed E-state index contributed by atoms with van der Waals surface area (Å²) >= 11 is 0. The molecule has 0 amide bonds. The minimum absolute atomic E-state index is 0.404. The van der Waals surface area contributed by atoms with Crippen LogP contribution in [0.25, 0.3) is 0 Å². The van der Waals surface area contributed by atoms with Crippen molar-refractivity contribution >= 4 is 0 Å². The van der Waals surface area contributed by atoms with Gasteiger partial charge in [0.15, 0.2) is 23.0 Å². The SMILES string of the molecule is CC(C)c1ccc(C(C)C)cc1.CC(C)c1ccc(C(C)C)o1.CC(C)c1ccc(COCCOCc2ccc(C(C)C)o2)o1.CC(C)c1ccc(OCCOc2ccc(C(C)C)cc2)cc1.CC(C)c1cccc(C(C)C)c1.CC(C)c1ccccc1C(C)C.CCC.COc1cc(C(C)C)ccc1OCCOc1ccc(C(C)C)cc1OC. The van der Waals surface area contributed by atoms with Gasteiger partial charge in [0.05, 0.1) is 27.4 Å². The number of methoxy groups -OCH3 is 2. The standard InChI is InChI=1S/C22H30O4.C20H26O2.C18H26O4.3C12H18.C10H16O.C3H8/c1-15(2)17-7-9-19(21(13-17)23-5)25-11-12-26-20-10-8-18(16(3)4)14-22(20)24-6;1-15(2)17-5-9-19(10-6-17)21-13-14-22-20-11-7-18(8-12-20)16(3)4;1-13(2)17-7-5-15(21-17)11-19-9-10-20-12-16-6-8-18(22-16)14(3)4;1-9(2)11-5-7-12(8-6-11)10(3)4;1-9(2)11-6-5-7-12(8-11)10(3)4;1-9(2)11-7-5-6-8-12(11)10(3)4;1-7(2)9-5-6-10(11-9)8(3)4;1-3-2/h7-10,13-16H,11-12H2,1-6H3;5-12,15-16H,13-14H2,1-4H3;5-8,13-14H,9-12H2,1-4H3;3*5-10H,1-4H3;5-8H,1-4H3;3H2,1-2H3. The zero-order valence-corrected chi connectivity index (χ0v) is 80.4. The minimum atomic E-state index is 0.404. The van der Waals surface area contributed by atoms with E-state index in [1.807, 2.05) is 72.8 Å². The molecule has 10 rings (SSSR count). The van der Waals surface area contributed by atoms with Gasteiger partial charge in [-0.1, -0.05) is 323 Å². The van der Waals surface area contributed by atoms with Crippen LogP contribution in [0, 0.1) is 0 Å². The molecular weight excluding hydrogens is 1490 g/mol. The fourth-order valence-electron chi connectivity index (χ4n) is 12.0. The largest absolute Gasteiger partial charge is 0.493 e. The highest BCUT2D eigenvalue weighted by Gasteiger charge is 2.15. The molecule has 0 atom stereocenters. The Bertz CT molecular complexity index is 4000. The van der Waals surface area contributed by atoms with Crippen molar-refractivity contribution in [2.45, 2.75) is 310 Å². The van der Waals surface area contributed by atoms with Crippen molar-refractivity contribution in [2.75, 3.05) is 53.9 Å². The summed E-state index contributed by atoms with van der Waals surface area (Å²) in [5, 5.41) is 0. The highest BCUT2D eigenvalue weighted by atomic mass is 16.6. The van der Waals surface area contributed by atoms with E-state index >= 15 is 0 Å². The van der Waals surface area contributed by atoms with Gasteiger partial charge in [-0.05, 0) is 200 Å². The van der Waals surface area contributed by atoms with Gasteiger partial charge in [-0.15, -0.1) is 0 Å². The molecule has 3 aromatic heterocycles. The Balaban J connectivity index is 0.000000368. The highest BCUT2D eigenvalue weighted by molar-refractivity contribution is 5.45. The van der Waals surface area contributed by atoms with Crippen molar-refractivity contribution in [1.29, 1.82) is 0 Å². The average Bonchev–Trinajstić information content (AvgIpc) is 1.36. The van der Waals surface area contributed by atoms with E-state index < -0.39 is 0 Å². The molecule has 0 radical (unpaired) electrons. The zero-order chi connectivity index (χ0) is 89.6. The monoisotopic (exact) mass is 1650 g/mol. The van der Waals surface area contributed by atoms with Crippen molar-refractivity contribution in [3.8, 4) is 34.5 Å². The third kappa shape index (κ3) is 40.2. The quantitative estimate of drug-likeness (QED) is 0.0366. The van der Waals surface area contributed by atoms with E-state index in [0.29, 0.717) is 136 Å². The first-order chi connectivity index (χ1) is 56.9. The number of furan rings is 3. The summed E-state index contributed by atoms with van der Waals surface area (Å²) in [7, 11) is 3.31. The summed E-state index contributed by atoms with van der Waals surface area (Å²) in [6.45, 7) is 69.5. The van der Waals surface area contributed by atoms with Crippen molar-refractivity contribution < 1.29 is 51.1 Å². The van der Waals surface area contributed by atoms with E-state index in [-0.39, 0.29) is 0 Å². The molecule has 0 N–H and O–H groups in total. The lowest BCUT2D eigenvalue weighted by molar-refractivity contribution is 0.0231. The number of benzene rings is 7. The molecule has 0 saturated heterocycles. The Hall–Kier alpha value is -8.90. The summed E-state index contributed by atoms with van der Waals surface area (Å²) in [6.07, 6.45) is 1.25. The number of hydrogen-bond donors (Lipinski definition) is 0. The molecule has 11 heteroatoms. The smallest absolute Gasteiger partial charge is 0.161 e. The first-order valence-electron chi connectivity index (χ1n) is 44.7. The molecule has 3 heterocycles. The number of hydrogen-bond acceptors (Lipinski definition) is 11. The van der Waals surface area contributed by atoms with Crippen LogP contribution in [0.4, 0.5) is 0 Å². The number of ether oxygens (including phenoxy) is 8. The van der Waals surface area contributed by atoms with Crippen LogP contribution < -0.4 is 28.4 Å². The van der Waals surface area contributed by atoms with Gasteiger partial charge in [0.2, 0.25) is 0 Å². The van der Waals surface area contributed by atoms with E-state index in [0.717, 1.165) is 69.1 Å². The molecule has 0 fully saturated rings. The van der Waals surface area contributed by atoms with Crippen LogP contribution in [-0.2, 0) is 22.7 Å². The van der Waals surface area contributed by atoms with E-state index in [9.17, 15) is 0 Å². The second-order valence-electron chi connectivity index (χ2n) is 35.1. The molecule has 0 saturated carbocycles. The highest BCUT2D eigenvalue weighted by Crippen LogP contribution is 2.34. The second kappa shape index (κ2) is 57.4. The van der Waals surface area contributed by atoms with Gasteiger partial charge in [-0.25, -0.2) is 0 Å². The lowest BCUT2D eigenvalue weighted by Crippen LogP contribution is -2.10. The fraction of sp³-hybridized carbons (Fsp3) is 0.505. The molecule has 120 heavy (non-hydrogen) atoms. The summed E-state index contributed by atoms with van der Waals surface area (Å²) in [4.78, 5) is 0. The van der Waals surface area contributed by atoms with Crippen LogP contribution in [0.1, 0.15) is 387 Å². The van der Waals surface area contributed by atoms with Crippen LogP contribution in [0.15, 0.2) is 207 Å². The summed E-state index contributed by atoms with van der Waals surface area (Å²) < 4.78 is 62.0. The first kappa shape index (κ1) is 105. The van der Waals surface area contributed by atoms with Crippen LogP contribution in [0.3, 0.4) is 0 Å². The fourth-order valence-corrected chi connectivity index (χ4v) is 12.0. The zero-order valence-electron chi connectivity index (χ0n) is 80.4. The maximum Gasteiger partial charge on any atom is 0.161 e. The molecule has 7 aromatic carbocycles. The lowest BCUT2D eigenvalue weighted by Gasteiger charge is -2.15. The third-order valence-corrected chi connectivity index (χ3v) is 19.9. The predicted molar refractivity (Wildman–Crippen MR) is 509 cm³/mol. The van der Waals surface area contributed by atoms with Gasteiger partial charge in [0.25, 0.3) is 0 Å². The van der Waals surface area contributed by atoms with E-state index in [1.54, 1.807) is 14.2 Å². The Morgan fingerprint density at radius 1 is 0.225 bits per heavy atom. The topological polar surface area (TPSA) is 113 Å². The summed E-state index contributed by atoms with van der Waals surface area (Å²) in [6, 6.07) is 67.3. The second-order valence-corrected chi connectivity index (χ2v) is 35.1. The molecule has 0 unspecified atom stereocenters. The molecule has 0 aliphatic carbocycles. The van der Waals surface area contributed by atoms with Crippen LogP contribution in [0.2, 0.25) is 0 Å². The van der Waals surface area contributed by atoms with Crippen molar-refractivity contribution in [3.63, 3.8) is 0 Å². The van der Waals surface area contributed by atoms with Crippen LogP contribution in [0.5, 0.6) is 34.5 Å². The van der Waals surface area contributed by atoms with Gasteiger partial charge < -0.3 is 51.1 Å². The Morgan fingerprint density at radius 3 is 0.742 bits per heavy atom. The predicted octanol–water partition coefficient (Wildman–Crippen LogP) is 32.4. The van der Waals surface area contributed by atoms with E-state index in [2.05, 4.69) is 329 Å². The van der Waals surface area contributed by atoms with Gasteiger partial charge in [0, 0.05) is 23.7 Å². The molecule has 0 bridgehead atoms. The van der Waals surface area contributed by atoms with Crippen molar-refractivity contribution in [2.24, 2.45) is 0 Å². The molecular formula is C109H160O11. The van der Waals surface area contributed by atoms with E-state index in [4.69, 9.17) is 51.1 Å². The Kier molecular flexibility index (Phi) is 50.4. The van der Waals surface area contributed by atoms with Gasteiger partial charge in [0.1, 0.15) is 85.7 Å². The van der Waals surface area contributed by atoms with Gasteiger partial charge in [-0.2, -0.15) is 0 Å². The molecule has 0 aliphatic rings. The molecule has 10 aromatic rings. The summed E-state index contributed by atoms with van der Waals surface area (Å²) in [5.74, 6) is 18.3. The summed E-state index contributed by atoms with van der Waals surface area (Å²) in [5.41, 5.74) is 13.8.